The Morgan fingerprint density at radius 1 is 1.00 bits per heavy atom. The van der Waals surface area contributed by atoms with E-state index in [1.54, 1.807) is 0 Å². The van der Waals surface area contributed by atoms with E-state index in [4.69, 9.17) is 0 Å². The zero-order chi connectivity index (χ0) is 7.42. The molecule has 0 aromatic heterocycles. The normalized spacial score (nSPS) is 53.6. The summed E-state index contributed by atoms with van der Waals surface area (Å²) in [5, 5.41) is 0. The minimum Gasteiger partial charge on any atom is -0.299 e. The largest absolute Gasteiger partial charge is 0.299 e. The first-order valence-corrected chi connectivity index (χ1v) is 4.85. The molecule has 4 atom stereocenters. The van der Waals surface area contributed by atoms with Crippen LogP contribution in [0.4, 0.5) is 0 Å². The molecule has 0 aliphatic heterocycles. The summed E-state index contributed by atoms with van der Waals surface area (Å²) in [6.07, 6.45) is 6.32. The molecule has 1 heteroatoms. The Balaban J connectivity index is 2.00. The molecule has 0 saturated heterocycles. The quantitative estimate of drug-likeness (QED) is 0.516. The lowest BCUT2D eigenvalue weighted by Gasteiger charge is -2.32. The molecule has 3 rings (SSSR count). The van der Waals surface area contributed by atoms with Gasteiger partial charge in [0.2, 0.25) is 0 Å². The van der Waals surface area contributed by atoms with Gasteiger partial charge in [0, 0.05) is 12.3 Å². The molecule has 0 radical (unpaired) electrons. The van der Waals surface area contributed by atoms with E-state index in [-0.39, 0.29) is 0 Å². The van der Waals surface area contributed by atoms with Crippen LogP contribution in [0, 0.1) is 23.7 Å². The summed E-state index contributed by atoms with van der Waals surface area (Å²) in [6.45, 7) is 0. The highest BCUT2D eigenvalue weighted by atomic mass is 16.1. The van der Waals surface area contributed by atoms with Gasteiger partial charge in [0.05, 0.1) is 0 Å². The zero-order valence-corrected chi connectivity index (χ0v) is 6.75. The molecule has 0 N–H and O–H groups in total. The van der Waals surface area contributed by atoms with Crippen molar-refractivity contribution in [3.8, 4) is 0 Å². The molecule has 0 spiro atoms. The minimum atomic E-state index is 0.513. The second-order valence-corrected chi connectivity index (χ2v) is 4.71. The standard InChI is InChI=1S/C10H14O/c11-10-5-7-1-6-2-8(3-7)9(10)4-6/h6-9H,1-5H2/t6-,7+,8-,9-/m0/s1. The lowest BCUT2D eigenvalue weighted by Crippen LogP contribution is -2.30. The molecule has 3 saturated carbocycles. The van der Waals surface area contributed by atoms with Crippen molar-refractivity contribution >= 4 is 5.78 Å². The smallest absolute Gasteiger partial charge is 0.136 e. The Kier molecular flexibility index (Phi) is 1.06. The van der Waals surface area contributed by atoms with E-state index in [1.807, 2.05) is 0 Å². The number of ketones is 1. The fourth-order valence-corrected chi connectivity index (χ4v) is 3.69. The van der Waals surface area contributed by atoms with Crippen molar-refractivity contribution in [2.24, 2.45) is 23.7 Å². The minimum absolute atomic E-state index is 0.513. The molecule has 60 valence electrons. The third-order valence-corrected chi connectivity index (χ3v) is 4.00. The van der Waals surface area contributed by atoms with E-state index in [2.05, 4.69) is 0 Å². The molecule has 0 aromatic rings. The highest BCUT2D eigenvalue weighted by Crippen LogP contribution is 2.53. The molecule has 3 aliphatic carbocycles. The molecular formula is C10H14O. The summed E-state index contributed by atoms with van der Waals surface area (Å²) in [6, 6.07) is 0. The Morgan fingerprint density at radius 2 is 1.82 bits per heavy atom. The van der Waals surface area contributed by atoms with Crippen molar-refractivity contribution in [1.29, 1.82) is 0 Å². The first kappa shape index (κ1) is 6.22. The SMILES string of the molecule is O=C1C[C@@H]2C[C@H]3C[C@@H](C2)[C@@H]1C3. The van der Waals surface area contributed by atoms with Crippen molar-refractivity contribution < 1.29 is 4.79 Å². The van der Waals surface area contributed by atoms with Crippen LogP contribution in [0.5, 0.6) is 0 Å². The van der Waals surface area contributed by atoms with Crippen LogP contribution in [0.15, 0.2) is 0 Å². The number of carbonyl (C=O) groups excluding carboxylic acids is 1. The van der Waals surface area contributed by atoms with E-state index < -0.39 is 0 Å². The van der Waals surface area contributed by atoms with Gasteiger partial charge in [-0.15, -0.1) is 0 Å². The summed E-state index contributed by atoms with van der Waals surface area (Å²) in [4.78, 5) is 11.5. The topological polar surface area (TPSA) is 17.1 Å². The van der Waals surface area contributed by atoms with Crippen LogP contribution in [-0.4, -0.2) is 5.78 Å². The second kappa shape index (κ2) is 1.88. The van der Waals surface area contributed by atoms with Gasteiger partial charge in [0.1, 0.15) is 5.78 Å². The van der Waals surface area contributed by atoms with Crippen LogP contribution in [0.2, 0.25) is 0 Å². The van der Waals surface area contributed by atoms with Gasteiger partial charge in [-0.1, -0.05) is 0 Å². The molecule has 0 aromatic carbocycles. The van der Waals surface area contributed by atoms with Crippen LogP contribution >= 0.6 is 0 Å². The molecular weight excluding hydrogens is 136 g/mol. The fourth-order valence-electron chi connectivity index (χ4n) is 3.69. The van der Waals surface area contributed by atoms with Crippen LogP contribution in [0.1, 0.15) is 32.1 Å². The van der Waals surface area contributed by atoms with Crippen LogP contribution in [-0.2, 0) is 4.79 Å². The van der Waals surface area contributed by atoms with E-state index in [0.717, 1.165) is 24.2 Å². The molecule has 0 heterocycles. The van der Waals surface area contributed by atoms with Gasteiger partial charge < -0.3 is 0 Å². The van der Waals surface area contributed by atoms with Gasteiger partial charge in [-0.2, -0.15) is 0 Å². The first-order chi connectivity index (χ1) is 5.33. The third kappa shape index (κ3) is 0.743. The fraction of sp³-hybridized carbons (Fsp3) is 0.900. The predicted octanol–water partition coefficient (Wildman–Crippen LogP) is 2.01. The Labute approximate surface area is 67.2 Å². The maximum absolute atomic E-state index is 11.5. The second-order valence-electron chi connectivity index (χ2n) is 4.71. The van der Waals surface area contributed by atoms with Gasteiger partial charge in [-0.05, 0) is 43.4 Å². The molecule has 1 nitrogen and oxygen atoms in total. The van der Waals surface area contributed by atoms with Gasteiger partial charge in [0.25, 0.3) is 0 Å². The average Bonchev–Trinajstić information content (AvgIpc) is 2.19. The summed E-state index contributed by atoms with van der Waals surface area (Å²) < 4.78 is 0. The van der Waals surface area contributed by atoms with Crippen molar-refractivity contribution in [3.63, 3.8) is 0 Å². The van der Waals surface area contributed by atoms with E-state index in [1.165, 1.54) is 25.7 Å². The molecule has 11 heavy (non-hydrogen) atoms. The van der Waals surface area contributed by atoms with E-state index in [0.29, 0.717) is 11.7 Å². The third-order valence-electron chi connectivity index (χ3n) is 4.00. The summed E-state index contributed by atoms with van der Waals surface area (Å²) >= 11 is 0. The maximum atomic E-state index is 11.5. The van der Waals surface area contributed by atoms with Crippen molar-refractivity contribution in [1.82, 2.24) is 0 Å². The summed E-state index contributed by atoms with van der Waals surface area (Å²) in [5.74, 6) is 3.67. The molecule has 0 amide bonds. The monoisotopic (exact) mass is 150 g/mol. The van der Waals surface area contributed by atoms with Gasteiger partial charge in [-0.25, -0.2) is 0 Å². The van der Waals surface area contributed by atoms with Gasteiger partial charge in [0.15, 0.2) is 0 Å². The molecule has 3 aliphatic rings. The predicted molar refractivity (Wildman–Crippen MR) is 42.1 cm³/mol. The highest BCUT2D eigenvalue weighted by Gasteiger charge is 2.48. The van der Waals surface area contributed by atoms with Crippen molar-refractivity contribution in [2.45, 2.75) is 32.1 Å². The van der Waals surface area contributed by atoms with E-state index in [9.17, 15) is 4.79 Å². The molecule has 3 fully saturated rings. The van der Waals surface area contributed by atoms with Gasteiger partial charge in [-0.3, -0.25) is 4.79 Å². The highest BCUT2D eigenvalue weighted by molar-refractivity contribution is 5.83. The number of Topliss-reactive ketones (excluding diaryl/α,β-unsaturated/α-hetero) is 1. The van der Waals surface area contributed by atoms with Crippen LogP contribution in [0.25, 0.3) is 0 Å². The number of hydrogen-bond donors (Lipinski definition) is 0. The number of rotatable bonds is 0. The van der Waals surface area contributed by atoms with Crippen molar-refractivity contribution in [2.75, 3.05) is 0 Å². The summed E-state index contributed by atoms with van der Waals surface area (Å²) in [7, 11) is 0. The van der Waals surface area contributed by atoms with Crippen LogP contribution < -0.4 is 0 Å². The number of fused-ring (bicyclic) bond motifs is 2. The first-order valence-electron chi connectivity index (χ1n) is 4.85. The number of carbonyl (C=O) groups is 1. The van der Waals surface area contributed by atoms with Crippen LogP contribution in [0.3, 0.4) is 0 Å². The lowest BCUT2D eigenvalue weighted by atomic mass is 9.72. The molecule has 3 bridgehead atoms. The van der Waals surface area contributed by atoms with Gasteiger partial charge >= 0.3 is 0 Å². The van der Waals surface area contributed by atoms with Crippen molar-refractivity contribution in [3.05, 3.63) is 0 Å². The Bertz CT molecular complexity index is 207. The number of hydrogen-bond acceptors (Lipinski definition) is 1. The summed E-state index contributed by atoms with van der Waals surface area (Å²) in [5.41, 5.74) is 0. The zero-order valence-electron chi connectivity index (χ0n) is 6.75. The lowest BCUT2D eigenvalue weighted by molar-refractivity contribution is -0.127. The average molecular weight is 150 g/mol. The Hall–Kier alpha value is -0.330. The van der Waals surface area contributed by atoms with E-state index >= 15 is 0 Å². The molecule has 0 unspecified atom stereocenters. The maximum Gasteiger partial charge on any atom is 0.136 e. The Morgan fingerprint density at radius 3 is 2.73 bits per heavy atom.